The van der Waals surface area contributed by atoms with Crippen LogP contribution in [0, 0.1) is 6.92 Å². The molecule has 0 saturated carbocycles. The fourth-order valence-corrected chi connectivity index (χ4v) is 2.41. The molecule has 0 bridgehead atoms. The van der Waals surface area contributed by atoms with E-state index < -0.39 is 5.97 Å². The number of anilines is 2. The molecule has 0 radical (unpaired) electrons. The molecule has 26 heavy (non-hydrogen) atoms. The van der Waals surface area contributed by atoms with E-state index in [4.69, 9.17) is 14.2 Å². The number of esters is 1. The second kappa shape index (κ2) is 8.75. The number of rotatable bonds is 7. The van der Waals surface area contributed by atoms with Crippen LogP contribution >= 0.6 is 0 Å². The molecular formula is C19H22N2O5. The Kier molecular flexibility index (Phi) is 6.43. The molecule has 7 nitrogen and oxygen atoms in total. The third-order valence-electron chi connectivity index (χ3n) is 3.67. The Labute approximate surface area is 152 Å². The van der Waals surface area contributed by atoms with E-state index in [2.05, 4.69) is 10.6 Å². The zero-order valence-electron chi connectivity index (χ0n) is 15.2. The lowest BCUT2D eigenvalue weighted by Crippen LogP contribution is -2.23. The van der Waals surface area contributed by atoms with Crippen LogP contribution in [0.5, 0.6) is 11.5 Å². The van der Waals surface area contributed by atoms with Gasteiger partial charge < -0.3 is 24.8 Å². The molecule has 2 aromatic carbocycles. The van der Waals surface area contributed by atoms with Crippen molar-refractivity contribution in [1.82, 2.24) is 0 Å². The minimum absolute atomic E-state index is 0.0343. The maximum atomic E-state index is 12.2. The summed E-state index contributed by atoms with van der Waals surface area (Å²) in [5.41, 5.74) is 2.41. The van der Waals surface area contributed by atoms with Gasteiger partial charge in [-0.1, -0.05) is 12.1 Å². The Morgan fingerprint density at radius 2 is 1.69 bits per heavy atom. The van der Waals surface area contributed by atoms with Gasteiger partial charge in [0.15, 0.2) is 11.5 Å². The molecule has 1 amide bonds. The molecule has 0 fully saturated rings. The van der Waals surface area contributed by atoms with E-state index >= 15 is 0 Å². The van der Waals surface area contributed by atoms with Crippen molar-refractivity contribution in [1.29, 1.82) is 0 Å². The fourth-order valence-electron chi connectivity index (χ4n) is 2.41. The van der Waals surface area contributed by atoms with E-state index in [0.29, 0.717) is 22.9 Å². The average Bonchev–Trinajstić information content (AvgIpc) is 2.64. The first-order chi connectivity index (χ1) is 12.5. The van der Waals surface area contributed by atoms with Gasteiger partial charge in [-0.2, -0.15) is 0 Å². The maximum absolute atomic E-state index is 12.2. The van der Waals surface area contributed by atoms with Crippen molar-refractivity contribution in [2.24, 2.45) is 0 Å². The Hall–Kier alpha value is -3.22. The first-order valence-corrected chi connectivity index (χ1v) is 7.93. The minimum Gasteiger partial charge on any atom is -0.493 e. The lowest BCUT2D eigenvalue weighted by Gasteiger charge is -2.15. The lowest BCUT2D eigenvalue weighted by atomic mass is 10.1. The summed E-state index contributed by atoms with van der Waals surface area (Å²) in [6.07, 6.45) is 0. The fraction of sp³-hybridized carbons (Fsp3) is 0.263. The number of benzene rings is 2. The molecule has 138 valence electrons. The largest absolute Gasteiger partial charge is 0.493 e. The van der Waals surface area contributed by atoms with Gasteiger partial charge in [0.05, 0.1) is 39.1 Å². The highest BCUT2D eigenvalue weighted by Crippen LogP contribution is 2.33. The molecule has 0 aliphatic carbocycles. The SMILES string of the molecule is COC(=O)c1cc(OC)c(OC)cc1NCC(=O)Nc1cccc(C)c1. The van der Waals surface area contributed by atoms with E-state index in [1.807, 2.05) is 25.1 Å². The van der Waals surface area contributed by atoms with Gasteiger partial charge in [-0.15, -0.1) is 0 Å². The van der Waals surface area contributed by atoms with Gasteiger partial charge >= 0.3 is 5.97 Å². The van der Waals surface area contributed by atoms with Gasteiger partial charge in [-0.3, -0.25) is 4.79 Å². The minimum atomic E-state index is -0.549. The molecule has 0 aliphatic heterocycles. The van der Waals surface area contributed by atoms with Crippen molar-refractivity contribution >= 4 is 23.3 Å². The summed E-state index contributed by atoms with van der Waals surface area (Å²) < 4.78 is 15.2. The van der Waals surface area contributed by atoms with Crippen molar-refractivity contribution in [2.75, 3.05) is 38.5 Å². The van der Waals surface area contributed by atoms with Crippen LogP contribution in [-0.4, -0.2) is 39.8 Å². The van der Waals surface area contributed by atoms with Gasteiger partial charge in [0.25, 0.3) is 0 Å². The molecule has 0 atom stereocenters. The van der Waals surface area contributed by atoms with Crippen molar-refractivity contribution in [3.05, 3.63) is 47.5 Å². The first kappa shape index (κ1) is 19.1. The third-order valence-corrected chi connectivity index (χ3v) is 3.67. The Morgan fingerprint density at radius 1 is 1.00 bits per heavy atom. The quantitative estimate of drug-likeness (QED) is 0.740. The van der Waals surface area contributed by atoms with E-state index in [0.717, 1.165) is 5.56 Å². The van der Waals surface area contributed by atoms with Gasteiger partial charge in [-0.05, 0) is 24.6 Å². The molecule has 2 N–H and O–H groups in total. The summed E-state index contributed by atoms with van der Waals surface area (Å²) in [7, 11) is 4.25. The van der Waals surface area contributed by atoms with Crippen molar-refractivity contribution in [2.45, 2.75) is 6.92 Å². The molecular weight excluding hydrogens is 336 g/mol. The van der Waals surface area contributed by atoms with Crippen molar-refractivity contribution < 1.29 is 23.8 Å². The second-order valence-corrected chi connectivity index (χ2v) is 5.52. The van der Waals surface area contributed by atoms with Gasteiger partial charge in [-0.25, -0.2) is 4.79 Å². The van der Waals surface area contributed by atoms with Gasteiger partial charge in [0.1, 0.15) is 0 Å². The number of ether oxygens (including phenoxy) is 3. The first-order valence-electron chi connectivity index (χ1n) is 7.93. The zero-order chi connectivity index (χ0) is 19.1. The van der Waals surface area contributed by atoms with E-state index in [1.165, 1.54) is 27.4 Å². The number of hydrogen-bond donors (Lipinski definition) is 2. The summed E-state index contributed by atoms with van der Waals surface area (Å²) in [6, 6.07) is 10.6. The van der Waals surface area contributed by atoms with E-state index in [9.17, 15) is 9.59 Å². The third kappa shape index (κ3) is 4.66. The highest BCUT2D eigenvalue weighted by molar-refractivity contribution is 5.99. The van der Waals surface area contributed by atoms with Crippen LogP contribution in [0.15, 0.2) is 36.4 Å². The van der Waals surface area contributed by atoms with Crippen molar-refractivity contribution in [3.8, 4) is 11.5 Å². The van der Waals surface area contributed by atoms with Crippen LogP contribution in [0.3, 0.4) is 0 Å². The average molecular weight is 358 g/mol. The highest BCUT2D eigenvalue weighted by Gasteiger charge is 2.18. The number of nitrogens with one attached hydrogen (secondary N) is 2. The predicted octanol–water partition coefficient (Wildman–Crippen LogP) is 2.85. The summed E-state index contributed by atoms with van der Waals surface area (Å²) >= 11 is 0. The Morgan fingerprint density at radius 3 is 2.31 bits per heavy atom. The normalized spacial score (nSPS) is 10.0. The van der Waals surface area contributed by atoms with Crippen LogP contribution in [0.1, 0.15) is 15.9 Å². The smallest absolute Gasteiger partial charge is 0.340 e. The molecule has 0 saturated heterocycles. The Balaban J connectivity index is 2.16. The topological polar surface area (TPSA) is 85.9 Å². The molecule has 2 rings (SSSR count). The molecule has 0 spiro atoms. The van der Waals surface area contributed by atoms with Gasteiger partial charge in [0.2, 0.25) is 5.91 Å². The van der Waals surface area contributed by atoms with Crippen LogP contribution in [0.2, 0.25) is 0 Å². The Bertz CT molecular complexity index is 805. The molecule has 7 heteroatoms. The summed E-state index contributed by atoms with van der Waals surface area (Å²) in [5, 5.41) is 5.73. The summed E-state index contributed by atoms with van der Waals surface area (Å²) in [5.74, 6) is 0.0261. The lowest BCUT2D eigenvalue weighted by molar-refractivity contribution is -0.114. The predicted molar refractivity (Wildman–Crippen MR) is 99.2 cm³/mol. The van der Waals surface area contributed by atoms with E-state index in [-0.39, 0.29) is 18.0 Å². The number of amides is 1. The van der Waals surface area contributed by atoms with Crippen LogP contribution < -0.4 is 20.1 Å². The number of carbonyl (C=O) groups is 2. The molecule has 0 heterocycles. The van der Waals surface area contributed by atoms with Crippen molar-refractivity contribution in [3.63, 3.8) is 0 Å². The van der Waals surface area contributed by atoms with Crippen LogP contribution in [0.4, 0.5) is 11.4 Å². The number of methoxy groups -OCH3 is 3. The van der Waals surface area contributed by atoms with Crippen LogP contribution in [0.25, 0.3) is 0 Å². The molecule has 0 unspecified atom stereocenters. The number of aryl methyl sites for hydroxylation is 1. The standard InChI is InChI=1S/C19H22N2O5/c1-12-6-5-7-13(8-12)21-18(22)11-20-15-10-17(25-3)16(24-2)9-14(15)19(23)26-4/h5-10,20H,11H2,1-4H3,(H,21,22). The summed E-state index contributed by atoms with van der Waals surface area (Å²) in [6.45, 7) is 1.91. The summed E-state index contributed by atoms with van der Waals surface area (Å²) in [4.78, 5) is 24.2. The maximum Gasteiger partial charge on any atom is 0.340 e. The molecule has 0 aliphatic rings. The van der Waals surface area contributed by atoms with Crippen LogP contribution in [-0.2, 0) is 9.53 Å². The second-order valence-electron chi connectivity index (χ2n) is 5.52. The zero-order valence-corrected chi connectivity index (χ0v) is 15.2. The molecule has 0 aromatic heterocycles. The number of hydrogen-bond acceptors (Lipinski definition) is 6. The van der Waals surface area contributed by atoms with Gasteiger partial charge in [0, 0.05) is 17.8 Å². The van der Waals surface area contributed by atoms with E-state index in [1.54, 1.807) is 12.1 Å². The highest BCUT2D eigenvalue weighted by atomic mass is 16.5. The number of carbonyl (C=O) groups excluding carboxylic acids is 2. The molecule has 2 aromatic rings. The monoisotopic (exact) mass is 358 g/mol.